The van der Waals surface area contributed by atoms with Crippen molar-refractivity contribution >= 4 is 33.0 Å². The number of carbonyl (C=O) groups is 2. The minimum absolute atomic E-state index is 0.00884. The number of ether oxygens (including phenoxy) is 1. The van der Waals surface area contributed by atoms with Crippen molar-refractivity contribution in [3.8, 4) is 0 Å². The molecule has 1 fully saturated rings. The molecule has 0 aromatic heterocycles. The molecule has 0 aliphatic heterocycles. The lowest BCUT2D eigenvalue weighted by molar-refractivity contribution is -0.141. The third-order valence-corrected chi connectivity index (χ3v) is 7.97. The molecule has 0 amide bonds. The summed E-state index contributed by atoms with van der Waals surface area (Å²) < 4.78 is 33.3. The van der Waals surface area contributed by atoms with Crippen molar-refractivity contribution in [1.29, 1.82) is 0 Å². The highest BCUT2D eigenvalue weighted by atomic mass is 32.2. The number of hydrogen-bond acceptors (Lipinski definition) is 7. The summed E-state index contributed by atoms with van der Waals surface area (Å²) in [5, 5.41) is -0.506. The van der Waals surface area contributed by atoms with Gasteiger partial charge in [-0.3, -0.25) is 13.8 Å². The van der Waals surface area contributed by atoms with E-state index in [-0.39, 0.29) is 28.8 Å². The van der Waals surface area contributed by atoms with Gasteiger partial charge in [-0.1, -0.05) is 46.4 Å². The summed E-state index contributed by atoms with van der Waals surface area (Å²) in [4.78, 5) is 24.6. The van der Waals surface area contributed by atoms with Crippen molar-refractivity contribution in [2.45, 2.75) is 72.0 Å². The fourth-order valence-electron chi connectivity index (χ4n) is 3.64. The van der Waals surface area contributed by atoms with E-state index in [1.54, 1.807) is 0 Å². The Morgan fingerprint density at radius 2 is 1.78 bits per heavy atom. The molecule has 1 aliphatic carbocycles. The summed E-state index contributed by atoms with van der Waals surface area (Å²) in [7, 11) is -2.35. The van der Waals surface area contributed by atoms with Crippen LogP contribution in [-0.2, 0) is 28.6 Å². The van der Waals surface area contributed by atoms with Gasteiger partial charge in [-0.25, -0.2) is 0 Å². The van der Waals surface area contributed by atoms with Crippen LogP contribution in [-0.4, -0.2) is 44.2 Å². The van der Waals surface area contributed by atoms with E-state index in [1.165, 1.54) is 7.11 Å². The minimum atomic E-state index is -3.51. The van der Waals surface area contributed by atoms with Crippen LogP contribution < -0.4 is 0 Å². The quantitative estimate of drug-likeness (QED) is 0.413. The topological polar surface area (TPSA) is 86.7 Å². The summed E-state index contributed by atoms with van der Waals surface area (Å²) in [6.07, 6.45) is 3.13. The highest BCUT2D eigenvalue weighted by Gasteiger charge is 2.37. The standard InChI is InChI=1S/C19H34O6S2/c1-7-19(5,13-18(2,3)4)17(21)26-12-16(20)25-11-14-8-9-15(10-14)27(22,23)24-6/h14-15H,7-13H2,1-6H3. The van der Waals surface area contributed by atoms with Crippen LogP contribution in [0.2, 0.25) is 0 Å². The maximum absolute atomic E-state index is 12.6. The molecule has 158 valence electrons. The first-order valence-electron chi connectivity index (χ1n) is 9.45. The molecule has 3 unspecified atom stereocenters. The lowest BCUT2D eigenvalue weighted by Gasteiger charge is -2.33. The van der Waals surface area contributed by atoms with Crippen LogP contribution >= 0.6 is 11.8 Å². The zero-order chi connectivity index (χ0) is 20.9. The zero-order valence-electron chi connectivity index (χ0n) is 17.4. The fourth-order valence-corrected chi connectivity index (χ4v) is 5.74. The molecule has 1 aliphatic rings. The van der Waals surface area contributed by atoms with Crippen molar-refractivity contribution in [3.05, 3.63) is 0 Å². The van der Waals surface area contributed by atoms with Crippen molar-refractivity contribution in [3.63, 3.8) is 0 Å². The Labute approximate surface area is 168 Å². The molecule has 0 N–H and O–H groups in total. The Morgan fingerprint density at radius 3 is 2.30 bits per heavy atom. The lowest BCUT2D eigenvalue weighted by atomic mass is 9.74. The van der Waals surface area contributed by atoms with Gasteiger partial charge in [0.15, 0.2) is 5.12 Å². The molecule has 0 spiro atoms. The van der Waals surface area contributed by atoms with Gasteiger partial charge < -0.3 is 4.74 Å². The summed E-state index contributed by atoms with van der Waals surface area (Å²) in [6, 6.07) is 0. The summed E-state index contributed by atoms with van der Waals surface area (Å²) in [5.74, 6) is -0.419. The number of thioether (sulfide) groups is 1. The maximum Gasteiger partial charge on any atom is 0.316 e. The number of rotatable bonds is 9. The van der Waals surface area contributed by atoms with E-state index in [9.17, 15) is 18.0 Å². The molecule has 6 nitrogen and oxygen atoms in total. The molecule has 8 heteroatoms. The van der Waals surface area contributed by atoms with E-state index in [1.807, 2.05) is 13.8 Å². The van der Waals surface area contributed by atoms with Gasteiger partial charge in [0.2, 0.25) is 0 Å². The normalized spacial score (nSPS) is 23.0. The first-order chi connectivity index (χ1) is 12.3. The monoisotopic (exact) mass is 422 g/mol. The Hall–Kier alpha value is -0.600. The Balaban J connectivity index is 2.42. The molecule has 0 heterocycles. The van der Waals surface area contributed by atoms with Crippen molar-refractivity contribution < 1.29 is 26.9 Å². The third-order valence-electron chi connectivity index (χ3n) is 5.13. The van der Waals surface area contributed by atoms with E-state index in [2.05, 4.69) is 25.0 Å². The zero-order valence-corrected chi connectivity index (χ0v) is 19.0. The third kappa shape index (κ3) is 7.74. The first-order valence-corrected chi connectivity index (χ1v) is 11.9. The van der Waals surface area contributed by atoms with Crippen LogP contribution in [0.3, 0.4) is 0 Å². The Morgan fingerprint density at radius 1 is 1.15 bits per heavy atom. The smallest absolute Gasteiger partial charge is 0.316 e. The molecule has 27 heavy (non-hydrogen) atoms. The van der Waals surface area contributed by atoms with Crippen molar-refractivity contribution in [2.24, 2.45) is 16.7 Å². The van der Waals surface area contributed by atoms with Gasteiger partial charge in [0.1, 0.15) is 0 Å². The SMILES string of the molecule is CCC(C)(CC(C)(C)C)C(=O)SCC(=O)OCC1CCC(S(=O)(=O)OC)C1. The average Bonchev–Trinajstić information content (AvgIpc) is 3.06. The number of carbonyl (C=O) groups excluding carboxylic acids is 2. The highest BCUT2D eigenvalue weighted by Crippen LogP contribution is 2.39. The maximum atomic E-state index is 12.6. The van der Waals surface area contributed by atoms with Crippen molar-refractivity contribution in [1.82, 2.24) is 0 Å². The predicted octanol–water partition coefficient (Wildman–Crippen LogP) is 3.79. The van der Waals surface area contributed by atoms with E-state index in [4.69, 9.17) is 4.74 Å². The molecule has 3 atom stereocenters. The van der Waals surface area contributed by atoms with Crippen LogP contribution in [0.5, 0.6) is 0 Å². The average molecular weight is 423 g/mol. The van der Waals surface area contributed by atoms with Crippen LogP contribution in [0, 0.1) is 16.7 Å². The van der Waals surface area contributed by atoms with E-state index < -0.39 is 26.8 Å². The number of esters is 1. The van der Waals surface area contributed by atoms with Crippen molar-refractivity contribution in [2.75, 3.05) is 19.5 Å². The van der Waals surface area contributed by atoms with Gasteiger partial charge >= 0.3 is 5.97 Å². The van der Waals surface area contributed by atoms with Gasteiger partial charge in [-0.05, 0) is 43.4 Å². The Bertz CT molecular complexity index is 623. The van der Waals surface area contributed by atoms with Gasteiger partial charge in [0, 0.05) is 5.41 Å². The molecular weight excluding hydrogens is 388 g/mol. The van der Waals surface area contributed by atoms with E-state index >= 15 is 0 Å². The molecule has 1 saturated carbocycles. The molecule has 0 aromatic rings. The second-order valence-electron chi connectivity index (χ2n) is 8.87. The van der Waals surface area contributed by atoms with Crippen LogP contribution in [0.4, 0.5) is 0 Å². The Kier molecular flexibility index (Phi) is 8.82. The fraction of sp³-hybridized carbons (Fsp3) is 0.895. The van der Waals surface area contributed by atoms with Gasteiger partial charge in [-0.2, -0.15) is 8.42 Å². The molecule has 0 aromatic carbocycles. The van der Waals surface area contributed by atoms with Gasteiger partial charge in [0.25, 0.3) is 10.1 Å². The second-order valence-corrected chi connectivity index (χ2v) is 11.8. The van der Waals surface area contributed by atoms with Crippen LogP contribution in [0.1, 0.15) is 66.7 Å². The summed E-state index contributed by atoms with van der Waals surface area (Å²) >= 11 is 1.02. The van der Waals surface area contributed by atoms with E-state index in [0.29, 0.717) is 19.3 Å². The molecule has 0 bridgehead atoms. The molecule has 0 radical (unpaired) electrons. The summed E-state index contributed by atoms with van der Waals surface area (Å²) in [6.45, 7) is 10.4. The van der Waals surface area contributed by atoms with Gasteiger partial charge in [-0.15, -0.1) is 0 Å². The largest absolute Gasteiger partial charge is 0.465 e. The number of hydrogen-bond donors (Lipinski definition) is 0. The highest BCUT2D eigenvalue weighted by molar-refractivity contribution is 8.14. The minimum Gasteiger partial charge on any atom is -0.465 e. The lowest BCUT2D eigenvalue weighted by Crippen LogP contribution is -2.30. The van der Waals surface area contributed by atoms with Crippen LogP contribution in [0.15, 0.2) is 0 Å². The molecule has 1 rings (SSSR count). The van der Waals surface area contributed by atoms with Gasteiger partial charge in [0.05, 0.1) is 24.7 Å². The second kappa shape index (κ2) is 9.74. The predicted molar refractivity (Wildman–Crippen MR) is 108 cm³/mol. The summed E-state index contributed by atoms with van der Waals surface area (Å²) in [5.41, 5.74) is -0.431. The first kappa shape index (κ1) is 24.4. The van der Waals surface area contributed by atoms with Crippen LogP contribution in [0.25, 0.3) is 0 Å². The molecule has 0 saturated heterocycles. The molecular formula is C19H34O6S2. The van der Waals surface area contributed by atoms with E-state index in [0.717, 1.165) is 24.6 Å².